The molecule has 1 amide bonds. The molecule has 8 heteroatoms. The average molecular weight is 392 g/mol. The fourth-order valence-corrected chi connectivity index (χ4v) is 2.96. The van der Waals surface area contributed by atoms with Crippen LogP contribution in [0.15, 0.2) is 48.5 Å². The van der Waals surface area contributed by atoms with Crippen molar-refractivity contribution in [2.75, 3.05) is 17.7 Å². The van der Waals surface area contributed by atoms with Crippen molar-refractivity contribution in [2.24, 2.45) is 0 Å². The number of nitrogen functional groups attached to an aromatic ring is 1. The first kappa shape index (κ1) is 19.6. The SMILES string of the molecule is Nc1ccc(NC(=O)C(F)(F)c2ccc(F)c3ccccc23)c(F)c1CCO. The molecule has 146 valence electrons. The number of carbonyl (C=O) groups is 1. The van der Waals surface area contributed by atoms with Crippen LogP contribution < -0.4 is 11.1 Å². The lowest BCUT2D eigenvalue weighted by atomic mass is 9.98. The van der Waals surface area contributed by atoms with Gasteiger partial charge >= 0.3 is 5.92 Å². The van der Waals surface area contributed by atoms with Gasteiger partial charge in [0.2, 0.25) is 0 Å². The van der Waals surface area contributed by atoms with Gasteiger partial charge in [0.15, 0.2) is 5.82 Å². The number of halogens is 4. The van der Waals surface area contributed by atoms with Crippen LogP contribution in [-0.2, 0) is 17.1 Å². The van der Waals surface area contributed by atoms with Crippen molar-refractivity contribution >= 4 is 28.1 Å². The van der Waals surface area contributed by atoms with Crippen LogP contribution in [0, 0.1) is 11.6 Å². The Labute approximate surface area is 157 Å². The molecule has 0 aromatic heterocycles. The van der Waals surface area contributed by atoms with Crippen molar-refractivity contribution in [3.05, 3.63) is 71.3 Å². The summed E-state index contributed by atoms with van der Waals surface area (Å²) in [7, 11) is 0. The summed E-state index contributed by atoms with van der Waals surface area (Å²) in [4.78, 5) is 12.3. The molecular weight excluding hydrogens is 376 g/mol. The monoisotopic (exact) mass is 392 g/mol. The maximum absolute atomic E-state index is 14.8. The van der Waals surface area contributed by atoms with E-state index < -0.39 is 41.3 Å². The molecule has 3 aromatic rings. The van der Waals surface area contributed by atoms with Gasteiger partial charge in [0.05, 0.1) is 5.69 Å². The molecule has 0 bridgehead atoms. The molecule has 0 aliphatic heterocycles. The van der Waals surface area contributed by atoms with Gasteiger partial charge in [-0.3, -0.25) is 4.79 Å². The molecule has 3 aromatic carbocycles. The molecule has 0 atom stereocenters. The highest BCUT2D eigenvalue weighted by Gasteiger charge is 2.42. The number of rotatable bonds is 5. The molecular formula is C20H16F4N2O2. The minimum absolute atomic E-state index is 0.0286. The molecule has 4 nitrogen and oxygen atoms in total. The highest BCUT2D eigenvalue weighted by atomic mass is 19.3. The quantitative estimate of drug-likeness (QED) is 0.454. The summed E-state index contributed by atoms with van der Waals surface area (Å²) in [5, 5.41) is 10.7. The van der Waals surface area contributed by atoms with E-state index in [4.69, 9.17) is 10.8 Å². The third-order valence-corrected chi connectivity index (χ3v) is 4.38. The lowest BCUT2D eigenvalue weighted by molar-refractivity contribution is -0.140. The van der Waals surface area contributed by atoms with Crippen molar-refractivity contribution in [1.29, 1.82) is 0 Å². The van der Waals surface area contributed by atoms with E-state index in [-0.39, 0.29) is 28.4 Å². The Morgan fingerprint density at radius 2 is 1.71 bits per heavy atom. The van der Waals surface area contributed by atoms with Gasteiger partial charge < -0.3 is 16.2 Å². The van der Waals surface area contributed by atoms with Crippen LogP contribution in [0.1, 0.15) is 11.1 Å². The Hall–Kier alpha value is -3.13. The summed E-state index contributed by atoms with van der Waals surface area (Å²) >= 11 is 0. The van der Waals surface area contributed by atoms with E-state index in [2.05, 4.69) is 0 Å². The second-order valence-corrected chi connectivity index (χ2v) is 6.14. The number of hydrogen-bond donors (Lipinski definition) is 3. The van der Waals surface area contributed by atoms with Crippen LogP contribution in [0.2, 0.25) is 0 Å². The molecule has 0 spiro atoms. The third kappa shape index (κ3) is 3.38. The summed E-state index contributed by atoms with van der Waals surface area (Å²) in [6.45, 7) is -0.406. The van der Waals surface area contributed by atoms with Gasteiger partial charge in [0.25, 0.3) is 5.91 Å². The molecule has 0 aliphatic carbocycles. The molecule has 0 saturated carbocycles. The molecule has 0 aliphatic rings. The van der Waals surface area contributed by atoms with Crippen molar-refractivity contribution in [3.63, 3.8) is 0 Å². The van der Waals surface area contributed by atoms with Gasteiger partial charge in [-0.05, 0) is 29.7 Å². The lowest BCUT2D eigenvalue weighted by Gasteiger charge is -2.19. The fraction of sp³-hybridized carbons (Fsp3) is 0.150. The summed E-state index contributed by atoms with van der Waals surface area (Å²) in [5.74, 6) is -7.53. The first-order chi connectivity index (χ1) is 13.3. The zero-order valence-corrected chi connectivity index (χ0v) is 14.5. The van der Waals surface area contributed by atoms with Gasteiger partial charge in [-0.25, -0.2) is 8.78 Å². The Balaban J connectivity index is 1.99. The Morgan fingerprint density at radius 3 is 2.39 bits per heavy atom. The number of anilines is 2. The maximum atomic E-state index is 14.8. The Bertz CT molecular complexity index is 1050. The molecule has 0 fully saturated rings. The summed E-state index contributed by atoms with van der Waals surface area (Å²) in [6, 6.07) is 9.51. The highest BCUT2D eigenvalue weighted by molar-refractivity contribution is 6.00. The largest absolute Gasteiger partial charge is 0.398 e. The van der Waals surface area contributed by atoms with Crippen molar-refractivity contribution in [2.45, 2.75) is 12.3 Å². The lowest BCUT2D eigenvalue weighted by Crippen LogP contribution is -2.33. The normalized spacial score (nSPS) is 11.6. The van der Waals surface area contributed by atoms with Gasteiger partial charge in [0, 0.05) is 35.2 Å². The number of amides is 1. The minimum Gasteiger partial charge on any atom is -0.398 e. The van der Waals surface area contributed by atoms with Crippen LogP contribution in [0.5, 0.6) is 0 Å². The van der Waals surface area contributed by atoms with Crippen LogP contribution in [0.4, 0.5) is 28.9 Å². The van der Waals surface area contributed by atoms with E-state index in [1.807, 2.05) is 5.32 Å². The van der Waals surface area contributed by atoms with Gasteiger partial charge in [-0.1, -0.05) is 24.3 Å². The number of aliphatic hydroxyl groups excluding tert-OH is 1. The summed E-state index contributed by atoms with van der Waals surface area (Å²) < 4.78 is 58.0. The summed E-state index contributed by atoms with van der Waals surface area (Å²) in [5.41, 5.74) is 4.36. The number of carbonyl (C=O) groups excluding carboxylic acids is 1. The van der Waals surface area contributed by atoms with Crippen molar-refractivity contribution in [3.8, 4) is 0 Å². The Kier molecular flexibility index (Phi) is 5.24. The van der Waals surface area contributed by atoms with Crippen LogP contribution in [0.25, 0.3) is 10.8 Å². The van der Waals surface area contributed by atoms with Crippen molar-refractivity contribution < 1.29 is 27.5 Å². The van der Waals surface area contributed by atoms with E-state index in [0.717, 1.165) is 18.2 Å². The van der Waals surface area contributed by atoms with E-state index >= 15 is 0 Å². The molecule has 0 unspecified atom stereocenters. The number of hydrogen-bond acceptors (Lipinski definition) is 3. The molecule has 0 radical (unpaired) electrons. The molecule has 4 N–H and O–H groups in total. The average Bonchev–Trinajstić information content (AvgIpc) is 2.67. The second-order valence-electron chi connectivity index (χ2n) is 6.14. The predicted molar refractivity (Wildman–Crippen MR) is 98.0 cm³/mol. The molecule has 0 saturated heterocycles. The number of fused-ring (bicyclic) bond motifs is 1. The zero-order chi connectivity index (χ0) is 20.5. The second kappa shape index (κ2) is 7.47. The fourth-order valence-electron chi connectivity index (χ4n) is 2.96. The third-order valence-electron chi connectivity index (χ3n) is 4.38. The first-order valence-corrected chi connectivity index (χ1v) is 8.32. The van der Waals surface area contributed by atoms with Gasteiger partial charge in [-0.2, -0.15) is 8.78 Å². The van der Waals surface area contributed by atoms with E-state index in [0.29, 0.717) is 0 Å². The standard InChI is InChI=1S/C20H16F4N2O2/c21-15-6-5-14(11-3-1-2-4-12(11)15)20(23,24)19(28)26-17-8-7-16(25)13(9-10-27)18(17)22/h1-8,27H,9-10,25H2,(H,26,28). The van der Waals surface area contributed by atoms with Crippen molar-refractivity contribution in [1.82, 2.24) is 0 Å². The highest BCUT2D eigenvalue weighted by Crippen LogP contribution is 2.36. The van der Waals surface area contributed by atoms with Crippen LogP contribution in [0.3, 0.4) is 0 Å². The maximum Gasteiger partial charge on any atom is 0.350 e. The smallest absolute Gasteiger partial charge is 0.350 e. The molecule has 28 heavy (non-hydrogen) atoms. The predicted octanol–water partition coefficient (Wildman–Crippen LogP) is 3.97. The van der Waals surface area contributed by atoms with Crippen LogP contribution in [-0.4, -0.2) is 17.6 Å². The molecule has 0 heterocycles. The van der Waals surface area contributed by atoms with E-state index in [1.165, 1.54) is 30.3 Å². The molecule has 3 rings (SSSR count). The number of nitrogens with two attached hydrogens (primary N) is 1. The Morgan fingerprint density at radius 1 is 1.04 bits per heavy atom. The summed E-state index contributed by atoms with van der Waals surface area (Å²) in [6.07, 6.45) is -0.139. The minimum atomic E-state index is -4.06. The van der Waals surface area contributed by atoms with Gasteiger partial charge in [0.1, 0.15) is 5.82 Å². The van der Waals surface area contributed by atoms with Gasteiger partial charge in [-0.15, -0.1) is 0 Å². The topological polar surface area (TPSA) is 75.3 Å². The number of aliphatic hydroxyl groups is 1. The van der Waals surface area contributed by atoms with E-state index in [9.17, 15) is 22.4 Å². The first-order valence-electron chi connectivity index (χ1n) is 8.32. The van der Waals surface area contributed by atoms with E-state index in [1.54, 1.807) is 0 Å². The number of alkyl halides is 2. The van der Waals surface area contributed by atoms with Crippen LogP contribution >= 0.6 is 0 Å². The zero-order valence-electron chi connectivity index (χ0n) is 14.5. The number of benzene rings is 3. The number of nitrogens with one attached hydrogen (secondary N) is 1.